The monoisotopic (exact) mass is 368 g/mol. The van der Waals surface area contributed by atoms with Gasteiger partial charge in [0, 0.05) is 8.95 Å². The fraction of sp³-hybridized carbons (Fsp3) is 0. The zero-order chi connectivity index (χ0) is 13.1. The first-order valence-corrected chi connectivity index (χ1v) is 6.72. The molecule has 0 atom stereocenters. The van der Waals surface area contributed by atoms with Crippen LogP contribution in [0.15, 0.2) is 51.4 Å². The molecule has 0 radical (unpaired) electrons. The highest BCUT2D eigenvalue weighted by molar-refractivity contribution is 9.10. The summed E-state index contributed by atoms with van der Waals surface area (Å²) in [4.78, 5) is 0. The van der Waals surface area contributed by atoms with Crippen molar-refractivity contribution in [3.63, 3.8) is 0 Å². The molecule has 3 nitrogen and oxygen atoms in total. The quantitative estimate of drug-likeness (QED) is 0.626. The van der Waals surface area contributed by atoms with Crippen LogP contribution < -0.4 is 10.5 Å². The van der Waals surface area contributed by atoms with E-state index in [4.69, 9.17) is 15.9 Å². The summed E-state index contributed by atoms with van der Waals surface area (Å²) < 4.78 is 7.52. The van der Waals surface area contributed by atoms with Crippen molar-refractivity contribution >= 4 is 37.7 Å². The minimum atomic E-state index is -0.0266. The van der Waals surface area contributed by atoms with Gasteiger partial charge in [-0.05, 0) is 36.4 Å². The standard InChI is InChI=1S/C13H10Br2N2O/c14-8-2-1-3-10(6-8)18-12-5-4-9(15)7-11(12)13(16)17/h1-7H,(H3,16,17). The van der Waals surface area contributed by atoms with Crippen molar-refractivity contribution in [2.45, 2.75) is 0 Å². The number of rotatable bonds is 3. The SMILES string of the molecule is N=C(N)c1cc(Br)ccc1Oc1cccc(Br)c1. The van der Waals surface area contributed by atoms with E-state index in [1.54, 1.807) is 12.1 Å². The van der Waals surface area contributed by atoms with Crippen molar-refractivity contribution in [3.05, 3.63) is 57.0 Å². The summed E-state index contributed by atoms with van der Waals surface area (Å²) in [6, 6.07) is 12.9. The number of hydrogen-bond acceptors (Lipinski definition) is 2. The fourth-order valence-electron chi connectivity index (χ4n) is 1.46. The van der Waals surface area contributed by atoms with Crippen molar-refractivity contribution in [2.24, 2.45) is 5.73 Å². The van der Waals surface area contributed by atoms with Crippen LogP contribution in [0.3, 0.4) is 0 Å². The maximum atomic E-state index is 7.55. The molecule has 0 fully saturated rings. The molecule has 18 heavy (non-hydrogen) atoms. The number of halogens is 2. The van der Waals surface area contributed by atoms with E-state index in [2.05, 4.69) is 31.9 Å². The van der Waals surface area contributed by atoms with Gasteiger partial charge in [-0.1, -0.05) is 37.9 Å². The Labute approximate surface area is 122 Å². The van der Waals surface area contributed by atoms with Gasteiger partial charge in [0.05, 0.1) is 5.56 Å². The molecule has 3 N–H and O–H groups in total. The highest BCUT2D eigenvalue weighted by Gasteiger charge is 2.08. The van der Waals surface area contributed by atoms with Gasteiger partial charge in [0.2, 0.25) is 0 Å². The third-order valence-corrected chi connectivity index (χ3v) is 3.24. The van der Waals surface area contributed by atoms with E-state index in [0.717, 1.165) is 8.95 Å². The number of amidine groups is 1. The number of nitrogen functional groups attached to an aromatic ring is 1. The topological polar surface area (TPSA) is 59.1 Å². The van der Waals surface area contributed by atoms with Gasteiger partial charge in [-0.15, -0.1) is 0 Å². The van der Waals surface area contributed by atoms with Crippen LogP contribution in [-0.2, 0) is 0 Å². The summed E-state index contributed by atoms with van der Waals surface area (Å²) in [5.41, 5.74) is 6.10. The van der Waals surface area contributed by atoms with Crippen LogP contribution in [0, 0.1) is 5.41 Å². The number of hydrogen-bond donors (Lipinski definition) is 2. The van der Waals surface area contributed by atoms with Crippen molar-refractivity contribution in [3.8, 4) is 11.5 Å². The smallest absolute Gasteiger partial charge is 0.138 e. The lowest BCUT2D eigenvalue weighted by Gasteiger charge is -2.10. The summed E-state index contributed by atoms with van der Waals surface area (Å²) in [6.45, 7) is 0. The van der Waals surface area contributed by atoms with E-state index in [9.17, 15) is 0 Å². The summed E-state index contributed by atoms with van der Waals surface area (Å²) in [5.74, 6) is 1.22. The Morgan fingerprint density at radius 3 is 2.44 bits per heavy atom. The molecule has 0 bridgehead atoms. The van der Waals surface area contributed by atoms with E-state index in [0.29, 0.717) is 17.1 Å². The molecule has 2 aromatic rings. The zero-order valence-electron chi connectivity index (χ0n) is 9.28. The second-order valence-electron chi connectivity index (χ2n) is 3.61. The van der Waals surface area contributed by atoms with Crippen molar-refractivity contribution < 1.29 is 4.74 Å². The van der Waals surface area contributed by atoms with Crippen molar-refractivity contribution in [1.29, 1.82) is 5.41 Å². The van der Waals surface area contributed by atoms with Crippen LogP contribution in [0.2, 0.25) is 0 Å². The van der Waals surface area contributed by atoms with Gasteiger partial charge in [-0.2, -0.15) is 0 Å². The van der Waals surface area contributed by atoms with Crippen LogP contribution in [-0.4, -0.2) is 5.84 Å². The van der Waals surface area contributed by atoms with Crippen LogP contribution in [0.4, 0.5) is 0 Å². The molecule has 0 aromatic heterocycles. The molecule has 0 amide bonds. The Balaban J connectivity index is 2.37. The van der Waals surface area contributed by atoms with E-state index in [1.165, 1.54) is 0 Å². The average Bonchev–Trinajstić information content (AvgIpc) is 2.31. The third kappa shape index (κ3) is 3.11. The lowest BCUT2D eigenvalue weighted by atomic mass is 10.2. The first kappa shape index (κ1) is 13.1. The highest BCUT2D eigenvalue weighted by Crippen LogP contribution is 2.29. The normalized spacial score (nSPS) is 10.1. The molecule has 2 aromatic carbocycles. The highest BCUT2D eigenvalue weighted by atomic mass is 79.9. The zero-order valence-corrected chi connectivity index (χ0v) is 12.5. The third-order valence-electron chi connectivity index (χ3n) is 2.26. The molecular weight excluding hydrogens is 360 g/mol. The van der Waals surface area contributed by atoms with Gasteiger partial charge in [0.1, 0.15) is 17.3 Å². The molecule has 0 saturated heterocycles. The largest absolute Gasteiger partial charge is 0.457 e. The fourth-order valence-corrected chi connectivity index (χ4v) is 2.20. The first-order valence-electron chi connectivity index (χ1n) is 5.13. The second kappa shape index (κ2) is 5.54. The Morgan fingerprint density at radius 1 is 1.06 bits per heavy atom. The van der Waals surface area contributed by atoms with Crippen LogP contribution >= 0.6 is 31.9 Å². The summed E-state index contributed by atoms with van der Waals surface area (Å²) in [5, 5.41) is 7.55. The molecule has 0 aliphatic heterocycles. The Morgan fingerprint density at radius 2 is 1.78 bits per heavy atom. The molecule has 0 saturated carbocycles. The molecule has 0 spiro atoms. The maximum Gasteiger partial charge on any atom is 0.138 e. The lowest BCUT2D eigenvalue weighted by Crippen LogP contribution is -2.12. The van der Waals surface area contributed by atoms with Crippen LogP contribution in [0.5, 0.6) is 11.5 Å². The van der Waals surface area contributed by atoms with E-state index < -0.39 is 0 Å². The van der Waals surface area contributed by atoms with E-state index >= 15 is 0 Å². The van der Waals surface area contributed by atoms with Gasteiger partial charge in [-0.25, -0.2) is 0 Å². The van der Waals surface area contributed by atoms with Crippen LogP contribution in [0.1, 0.15) is 5.56 Å². The Bertz CT molecular complexity index is 599. The van der Waals surface area contributed by atoms with Gasteiger partial charge in [0.15, 0.2) is 0 Å². The first-order chi connectivity index (χ1) is 8.56. The second-order valence-corrected chi connectivity index (χ2v) is 5.44. The number of nitrogens with two attached hydrogens (primary N) is 1. The Kier molecular flexibility index (Phi) is 4.04. The summed E-state index contributed by atoms with van der Waals surface area (Å²) in [6.07, 6.45) is 0. The predicted molar refractivity (Wildman–Crippen MR) is 79.4 cm³/mol. The van der Waals surface area contributed by atoms with Crippen LogP contribution in [0.25, 0.3) is 0 Å². The molecule has 0 heterocycles. The predicted octanol–water partition coefficient (Wildman–Crippen LogP) is 4.29. The minimum Gasteiger partial charge on any atom is -0.457 e. The van der Waals surface area contributed by atoms with Gasteiger partial charge in [-0.3, -0.25) is 5.41 Å². The molecule has 0 unspecified atom stereocenters. The number of nitrogens with one attached hydrogen (secondary N) is 1. The van der Waals surface area contributed by atoms with E-state index in [1.807, 2.05) is 30.3 Å². The Hall–Kier alpha value is -1.33. The van der Waals surface area contributed by atoms with Crippen molar-refractivity contribution in [1.82, 2.24) is 0 Å². The van der Waals surface area contributed by atoms with Gasteiger partial charge < -0.3 is 10.5 Å². The number of benzene rings is 2. The molecular formula is C13H10Br2N2O. The lowest BCUT2D eigenvalue weighted by molar-refractivity contribution is 0.481. The van der Waals surface area contributed by atoms with E-state index in [-0.39, 0.29) is 5.84 Å². The summed E-state index contributed by atoms with van der Waals surface area (Å²) >= 11 is 6.73. The molecule has 92 valence electrons. The number of ether oxygens (including phenoxy) is 1. The van der Waals surface area contributed by atoms with Crippen molar-refractivity contribution in [2.75, 3.05) is 0 Å². The average molecular weight is 370 g/mol. The minimum absolute atomic E-state index is 0.0266. The maximum absolute atomic E-state index is 7.55. The molecule has 0 aliphatic rings. The summed E-state index contributed by atoms with van der Waals surface area (Å²) in [7, 11) is 0. The van der Waals surface area contributed by atoms with Gasteiger partial charge >= 0.3 is 0 Å². The van der Waals surface area contributed by atoms with Gasteiger partial charge in [0.25, 0.3) is 0 Å². The molecule has 0 aliphatic carbocycles. The molecule has 2 rings (SSSR count). The molecule has 5 heteroatoms.